The van der Waals surface area contributed by atoms with Crippen molar-refractivity contribution in [3.63, 3.8) is 0 Å². The fourth-order valence-corrected chi connectivity index (χ4v) is 2.50. The summed E-state index contributed by atoms with van der Waals surface area (Å²) < 4.78 is 13.2. The summed E-state index contributed by atoms with van der Waals surface area (Å²) in [6.07, 6.45) is 5.28. The molecular formula is C13H19FN2. The molecule has 0 spiro atoms. The second-order valence-electron chi connectivity index (χ2n) is 4.77. The Morgan fingerprint density at radius 2 is 2.00 bits per heavy atom. The first-order valence-electron chi connectivity index (χ1n) is 5.92. The minimum absolute atomic E-state index is 0.256. The van der Waals surface area contributed by atoms with Gasteiger partial charge in [0.2, 0.25) is 0 Å². The number of benzene rings is 1. The van der Waals surface area contributed by atoms with E-state index in [2.05, 4.69) is 4.90 Å². The van der Waals surface area contributed by atoms with Crippen LogP contribution in [-0.2, 0) is 0 Å². The highest BCUT2D eigenvalue weighted by molar-refractivity contribution is 5.56. The van der Waals surface area contributed by atoms with Gasteiger partial charge in [0, 0.05) is 25.0 Å². The quantitative estimate of drug-likeness (QED) is 0.796. The zero-order valence-corrected chi connectivity index (χ0v) is 9.75. The van der Waals surface area contributed by atoms with E-state index in [4.69, 9.17) is 5.73 Å². The van der Waals surface area contributed by atoms with Crippen LogP contribution in [0.1, 0.15) is 25.7 Å². The first-order valence-corrected chi connectivity index (χ1v) is 5.92. The highest BCUT2D eigenvalue weighted by Gasteiger charge is 2.17. The molecule has 0 unspecified atom stereocenters. The van der Waals surface area contributed by atoms with Crippen molar-refractivity contribution < 1.29 is 4.39 Å². The number of hydrogen-bond acceptors (Lipinski definition) is 2. The molecule has 1 aliphatic carbocycles. The lowest BCUT2D eigenvalue weighted by Gasteiger charge is -2.23. The Balaban J connectivity index is 2.04. The minimum Gasteiger partial charge on any atom is -0.399 e. The molecule has 0 amide bonds. The summed E-state index contributed by atoms with van der Waals surface area (Å²) in [7, 11) is 2.01. The van der Waals surface area contributed by atoms with Gasteiger partial charge < -0.3 is 10.6 Å². The van der Waals surface area contributed by atoms with Gasteiger partial charge in [0.25, 0.3) is 0 Å². The van der Waals surface area contributed by atoms with Crippen LogP contribution in [0.4, 0.5) is 15.8 Å². The Bertz CT molecular complexity index is 339. The zero-order valence-electron chi connectivity index (χ0n) is 9.75. The predicted molar refractivity (Wildman–Crippen MR) is 66.0 cm³/mol. The Labute approximate surface area is 96.2 Å². The van der Waals surface area contributed by atoms with E-state index in [0.29, 0.717) is 5.69 Å². The fourth-order valence-electron chi connectivity index (χ4n) is 2.50. The van der Waals surface area contributed by atoms with Crippen LogP contribution in [0.15, 0.2) is 18.2 Å². The van der Waals surface area contributed by atoms with Gasteiger partial charge in [-0.05, 0) is 37.0 Å². The minimum atomic E-state index is -0.256. The topological polar surface area (TPSA) is 29.3 Å². The van der Waals surface area contributed by atoms with Gasteiger partial charge in [-0.25, -0.2) is 4.39 Å². The molecule has 2 rings (SSSR count). The molecular weight excluding hydrogens is 203 g/mol. The Morgan fingerprint density at radius 3 is 2.62 bits per heavy atom. The van der Waals surface area contributed by atoms with Gasteiger partial charge in [-0.3, -0.25) is 0 Å². The maximum absolute atomic E-state index is 13.2. The van der Waals surface area contributed by atoms with E-state index >= 15 is 0 Å². The number of nitrogens with zero attached hydrogens (tertiary/aromatic N) is 1. The average molecular weight is 222 g/mol. The van der Waals surface area contributed by atoms with Crippen LogP contribution < -0.4 is 10.6 Å². The molecule has 88 valence electrons. The van der Waals surface area contributed by atoms with Crippen molar-refractivity contribution in [1.82, 2.24) is 0 Å². The first-order chi connectivity index (χ1) is 7.65. The van der Waals surface area contributed by atoms with Crippen molar-refractivity contribution >= 4 is 11.4 Å². The van der Waals surface area contributed by atoms with E-state index in [1.807, 2.05) is 13.1 Å². The van der Waals surface area contributed by atoms with Crippen molar-refractivity contribution in [3.8, 4) is 0 Å². The van der Waals surface area contributed by atoms with Gasteiger partial charge in [-0.15, -0.1) is 0 Å². The van der Waals surface area contributed by atoms with Gasteiger partial charge in [-0.2, -0.15) is 0 Å². The Hall–Kier alpha value is -1.25. The molecule has 0 heterocycles. The summed E-state index contributed by atoms with van der Waals surface area (Å²) in [6.45, 7) is 1.00. The van der Waals surface area contributed by atoms with Crippen LogP contribution >= 0.6 is 0 Å². The van der Waals surface area contributed by atoms with E-state index in [1.165, 1.54) is 31.7 Å². The maximum Gasteiger partial charge on any atom is 0.127 e. The van der Waals surface area contributed by atoms with Gasteiger partial charge in [-0.1, -0.05) is 12.8 Å². The molecule has 1 aromatic carbocycles. The van der Waals surface area contributed by atoms with Crippen LogP contribution in [-0.4, -0.2) is 13.6 Å². The van der Waals surface area contributed by atoms with Gasteiger partial charge in [0.05, 0.1) is 0 Å². The molecule has 16 heavy (non-hydrogen) atoms. The molecule has 2 N–H and O–H groups in total. The number of rotatable bonds is 3. The molecule has 0 aromatic heterocycles. The normalized spacial score (nSPS) is 16.6. The summed E-state index contributed by atoms with van der Waals surface area (Å²) in [5.41, 5.74) is 7.01. The Morgan fingerprint density at radius 1 is 1.31 bits per heavy atom. The van der Waals surface area contributed by atoms with E-state index in [0.717, 1.165) is 18.2 Å². The second-order valence-corrected chi connectivity index (χ2v) is 4.77. The summed E-state index contributed by atoms with van der Waals surface area (Å²) >= 11 is 0. The predicted octanol–water partition coefficient (Wildman–Crippen LogP) is 3.03. The molecule has 1 saturated carbocycles. The number of nitrogen functional groups attached to an aromatic ring is 1. The third-order valence-corrected chi connectivity index (χ3v) is 3.35. The van der Waals surface area contributed by atoms with Crippen molar-refractivity contribution in [2.45, 2.75) is 25.7 Å². The third kappa shape index (κ3) is 2.65. The lowest BCUT2D eigenvalue weighted by molar-refractivity contribution is 0.546. The number of nitrogens with two attached hydrogens (primary N) is 1. The number of hydrogen-bond donors (Lipinski definition) is 1. The monoisotopic (exact) mass is 222 g/mol. The molecule has 1 fully saturated rings. The number of halogens is 1. The van der Waals surface area contributed by atoms with Crippen molar-refractivity contribution in [2.24, 2.45) is 5.92 Å². The highest BCUT2D eigenvalue weighted by atomic mass is 19.1. The highest BCUT2D eigenvalue weighted by Crippen LogP contribution is 2.27. The lowest BCUT2D eigenvalue weighted by Crippen LogP contribution is -2.24. The summed E-state index contributed by atoms with van der Waals surface area (Å²) in [5, 5.41) is 0. The maximum atomic E-state index is 13.2. The molecule has 1 aliphatic rings. The molecule has 0 saturated heterocycles. The third-order valence-electron chi connectivity index (χ3n) is 3.35. The standard InChI is InChI=1S/C13H19FN2/c1-16(9-10-4-2-3-5-10)13-7-11(14)6-12(15)8-13/h6-8,10H,2-5,9,15H2,1H3. The molecule has 1 aromatic rings. The van der Waals surface area contributed by atoms with Gasteiger partial charge in [0.1, 0.15) is 5.82 Å². The SMILES string of the molecule is CN(CC1CCCC1)c1cc(N)cc(F)c1. The van der Waals surface area contributed by atoms with Crippen LogP contribution in [0.25, 0.3) is 0 Å². The van der Waals surface area contributed by atoms with Crippen LogP contribution in [0, 0.1) is 11.7 Å². The smallest absolute Gasteiger partial charge is 0.127 e. The fraction of sp³-hybridized carbons (Fsp3) is 0.538. The van der Waals surface area contributed by atoms with Crippen LogP contribution in [0.3, 0.4) is 0 Å². The molecule has 0 aliphatic heterocycles. The molecule has 2 nitrogen and oxygen atoms in total. The lowest BCUT2D eigenvalue weighted by atomic mass is 10.1. The van der Waals surface area contributed by atoms with Crippen molar-refractivity contribution in [2.75, 3.05) is 24.2 Å². The second kappa shape index (κ2) is 4.73. The van der Waals surface area contributed by atoms with Gasteiger partial charge >= 0.3 is 0 Å². The first kappa shape index (κ1) is 11.2. The van der Waals surface area contributed by atoms with Crippen molar-refractivity contribution in [1.29, 1.82) is 0 Å². The van der Waals surface area contributed by atoms with Crippen molar-refractivity contribution in [3.05, 3.63) is 24.0 Å². The van der Waals surface area contributed by atoms with Crippen LogP contribution in [0.2, 0.25) is 0 Å². The van der Waals surface area contributed by atoms with E-state index in [1.54, 1.807) is 6.07 Å². The summed E-state index contributed by atoms with van der Waals surface area (Å²) in [5.74, 6) is 0.503. The summed E-state index contributed by atoms with van der Waals surface area (Å²) in [6, 6.07) is 4.73. The average Bonchev–Trinajstić information content (AvgIpc) is 2.68. The van der Waals surface area contributed by atoms with E-state index < -0.39 is 0 Å². The molecule has 0 atom stereocenters. The van der Waals surface area contributed by atoms with E-state index in [-0.39, 0.29) is 5.82 Å². The molecule has 0 bridgehead atoms. The van der Waals surface area contributed by atoms with Gasteiger partial charge in [0.15, 0.2) is 0 Å². The van der Waals surface area contributed by atoms with Crippen LogP contribution in [0.5, 0.6) is 0 Å². The van der Waals surface area contributed by atoms with E-state index in [9.17, 15) is 4.39 Å². The molecule has 0 radical (unpaired) electrons. The zero-order chi connectivity index (χ0) is 11.5. The molecule has 3 heteroatoms. The summed E-state index contributed by atoms with van der Waals surface area (Å²) in [4.78, 5) is 2.11. The number of anilines is 2. The largest absolute Gasteiger partial charge is 0.399 e. The Kier molecular flexibility index (Phi) is 3.32.